The van der Waals surface area contributed by atoms with E-state index in [1.807, 2.05) is 19.9 Å². The van der Waals surface area contributed by atoms with Crippen LogP contribution in [-0.2, 0) is 19.1 Å². The number of ether oxygens (including phenoxy) is 1. The molecule has 1 aliphatic heterocycles. The summed E-state index contributed by atoms with van der Waals surface area (Å²) in [7, 11) is 0. The minimum atomic E-state index is -0.777. The first-order chi connectivity index (χ1) is 13.0. The molecule has 0 radical (unpaired) electrons. The number of thioether (sulfide) groups is 1. The Bertz CT molecular complexity index is 565. The van der Waals surface area contributed by atoms with Crippen LogP contribution in [0.3, 0.4) is 0 Å². The second kappa shape index (κ2) is 11.0. The van der Waals surface area contributed by atoms with E-state index in [4.69, 9.17) is 4.74 Å². The molecule has 5 nitrogen and oxygen atoms in total. The Kier molecular flexibility index (Phi) is 9.75. The number of esters is 1. The average molecular weight is 412 g/mol. The topological polar surface area (TPSA) is 63.7 Å². The van der Waals surface area contributed by atoms with E-state index in [2.05, 4.69) is 6.58 Å². The summed E-state index contributed by atoms with van der Waals surface area (Å²) in [6.07, 6.45) is 9.58. The summed E-state index contributed by atoms with van der Waals surface area (Å²) in [6, 6.07) is -0.697. The lowest BCUT2D eigenvalue weighted by molar-refractivity contribution is -0.159. The zero-order valence-electron chi connectivity index (χ0n) is 18.2. The molecule has 0 aromatic carbocycles. The number of ketones is 1. The average Bonchev–Trinajstić information content (AvgIpc) is 2.93. The first-order valence-corrected chi connectivity index (χ1v) is 11.3. The van der Waals surface area contributed by atoms with Crippen LogP contribution in [0.2, 0.25) is 0 Å². The van der Waals surface area contributed by atoms with Crippen molar-refractivity contribution in [1.29, 1.82) is 0 Å². The van der Waals surface area contributed by atoms with Crippen LogP contribution < -0.4 is 0 Å². The highest BCUT2D eigenvalue weighted by atomic mass is 32.2. The summed E-state index contributed by atoms with van der Waals surface area (Å²) in [4.78, 5) is 38.7. The minimum absolute atomic E-state index is 0.363. The molecule has 1 saturated heterocycles. The van der Waals surface area contributed by atoms with Crippen LogP contribution in [0, 0.1) is 5.41 Å². The van der Waals surface area contributed by atoms with Crippen molar-refractivity contribution < 1.29 is 19.1 Å². The summed E-state index contributed by atoms with van der Waals surface area (Å²) >= 11 is 1.50. The van der Waals surface area contributed by atoms with Gasteiger partial charge in [0.15, 0.2) is 0 Å². The largest absolute Gasteiger partial charge is 0.464 e. The van der Waals surface area contributed by atoms with Crippen LogP contribution in [-0.4, -0.2) is 45.8 Å². The number of Topliss-reactive ketones (excluding diaryl/α,β-unsaturated/α-hetero) is 1. The number of hydrogen-bond donors (Lipinski definition) is 0. The zero-order chi connectivity index (χ0) is 21.4. The molecule has 0 bridgehead atoms. The Morgan fingerprint density at radius 1 is 1.11 bits per heavy atom. The van der Waals surface area contributed by atoms with Crippen LogP contribution in [0.1, 0.15) is 79.6 Å². The van der Waals surface area contributed by atoms with E-state index >= 15 is 0 Å². The van der Waals surface area contributed by atoms with E-state index in [9.17, 15) is 14.4 Å². The Morgan fingerprint density at radius 2 is 1.68 bits per heavy atom. The van der Waals surface area contributed by atoms with Gasteiger partial charge in [0, 0.05) is 11.2 Å². The van der Waals surface area contributed by atoms with Gasteiger partial charge in [-0.1, -0.05) is 52.5 Å². The number of nitrogens with zero attached hydrogens (tertiary/aromatic N) is 1. The highest BCUT2D eigenvalue weighted by molar-refractivity contribution is 8.00. The lowest BCUT2D eigenvalue weighted by Crippen LogP contribution is -2.54. The molecule has 28 heavy (non-hydrogen) atoms. The molecule has 160 valence electrons. The van der Waals surface area contributed by atoms with Crippen LogP contribution in [0.25, 0.3) is 0 Å². The number of amides is 1. The van der Waals surface area contributed by atoms with E-state index < -0.39 is 34.0 Å². The van der Waals surface area contributed by atoms with Crippen molar-refractivity contribution in [3.05, 3.63) is 12.7 Å². The quantitative estimate of drug-likeness (QED) is 0.213. The maximum Gasteiger partial charge on any atom is 0.329 e. The van der Waals surface area contributed by atoms with E-state index in [1.165, 1.54) is 35.9 Å². The Hall–Kier alpha value is -1.30. The van der Waals surface area contributed by atoms with E-state index in [0.29, 0.717) is 12.4 Å². The molecule has 1 atom stereocenters. The Morgan fingerprint density at radius 3 is 2.25 bits per heavy atom. The van der Waals surface area contributed by atoms with Crippen molar-refractivity contribution in [2.45, 2.75) is 90.5 Å². The number of allylic oxidation sites excluding steroid dienone is 1. The van der Waals surface area contributed by atoms with Crippen molar-refractivity contribution in [2.75, 3.05) is 12.4 Å². The molecule has 0 saturated carbocycles. The fraction of sp³-hybridized carbons (Fsp3) is 0.773. The van der Waals surface area contributed by atoms with E-state index in [1.54, 1.807) is 20.8 Å². The lowest BCUT2D eigenvalue weighted by atomic mass is 9.89. The molecule has 1 fully saturated rings. The highest BCUT2D eigenvalue weighted by Crippen LogP contribution is 2.40. The molecule has 0 spiro atoms. The Labute approximate surface area is 174 Å². The van der Waals surface area contributed by atoms with Crippen LogP contribution in [0.5, 0.6) is 0 Å². The van der Waals surface area contributed by atoms with Crippen LogP contribution in [0.4, 0.5) is 0 Å². The maximum atomic E-state index is 12.8. The third-order valence-electron chi connectivity index (χ3n) is 4.90. The molecule has 1 amide bonds. The monoisotopic (exact) mass is 411 g/mol. The first kappa shape index (κ1) is 24.7. The van der Waals surface area contributed by atoms with Crippen LogP contribution >= 0.6 is 11.8 Å². The third-order valence-corrected chi connectivity index (χ3v) is 6.29. The predicted molar refractivity (Wildman–Crippen MR) is 115 cm³/mol. The summed E-state index contributed by atoms with van der Waals surface area (Å²) in [6.45, 7) is 13.0. The summed E-state index contributed by atoms with van der Waals surface area (Å²) in [5, 5.41) is 0. The van der Waals surface area contributed by atoms with Gasteiger partial charge in [-0.25, -0.2) is 4.79 Å². The first-order valence-electron chi connectivity index (χ1n) is 10.3. The minimum Gasteiger partial charge on any atom is -0.464 e. The molecule has 0 unspecified atom stereocenters. The van der Waals surface area contributed by atoms with Gasteiger partial charge in [-0.15, -0.1) is 18.3 Å². The fourth-order valence-electron chi connectivity index (χ4n) is 3.16. The maximum absolute atomic E-state index is 12.8. The van der Waals surface area contributed by atoms with Gasteiger partial charge in [0.2, 0.25) is 5.78 Å². The predicted octanol–water partition coefficient (Wildman–Crippen LogP) is 4.74. The van der Waals surface area contributed by atoms with Gasteiger partial charge >= 0.3 is 5.97 Å². The van der Waals surface area contributed by atoms with Crippen molar-refractivity contribution >= 4 is 29.4 Å². The van der Waals surface area contributed by atoms with Gasteiger partial charge < -0.3 is 9.64 Å². The molecule has 6 heteroatoms. The number of carbonyl (C=O) groups excluding carboxylic acids is 3. The molecular weight excluding hydrogens is 374 g/mol. The lowest BCUT2D eigenvalue weighted by Gasteiger charge is -2.34. The van der Waals surface area contributed by atoms with Gasteiger partial charge in [-0.3, -0.25) is 9.59 Å². The van der Waals surface area contributed by atoms with Gasteiger partial charge in [-0.2, -0.15) is 0 Å². The fourth-order valence-corrected chi connectivity index (χ4v) is 4.36. The summed E-state index contributed by atoms with van der Waals surface area (Å²) < 4.78 is 5.44. The zero-order valence-corrected chi connectivity index (χ0v) is 19.0. The van der Waals surface area contributed by atoms with Crippen molar-refractivity contribution in [3.8, 4) is 0 Å². The second-order valence-electron chi connectivity index (χ2n) is 8.89. The van der Waals surface area contributed by atoms with E-state index in [0.717, 1.165) is 25.7 Å². The molecule has 0 aliphatic carbocycles. The number of hydrogen-bond acceptors (Lipinski definition) is 5. The molecule has 1 heterocycles. The number of rotatable bonds is 11. The SMILES string of the molecule is C=CCCCCCCCCOC(=O)[C@@H]1CSC(C)(C)N1C(=O)C(=O)C(C)(C)C. The smallest absolute Gasteiger partial charge is 0.329 e. The molecule has 1 aliphatic rings. The second-order valence-corrected chi connectivity index (χ2v) is 10.5. The standard InChI is InChI=1S/C22H37NO4S/c1-7-8-9-10-11-12-13-14-15-27-20(26)17-16-28-22(5,6)23(17)19(25)18(24)21(2,3)4/h7,17H,1,8-16H2,2-6H3/t17-/m0/s1. The van der Waals surface area contributed by atoms with Gasteiger partial charge in [0.1, 0.15) is 6.04 Å². The van der Waals surface area contributed by atoms with Gasteiger partial charge in [0.25, 0.3) is 5.91 Å². The summed E-state index contributed by atoms with van der Waals surface area (Å²) in [5.74, 6) is -1.02. The normalized spacial score (nSPS) is 18.8. The molecule has 0 aromatic heterocycles. The number of carbonyl (C=O) groups is 3. The molecular formula is C22H37NO4S. The van der Waals surface area contributed by atoms with Gasteiger partial charge in [-0.05, 0) is 33.1 Å². The molecule has 0 aromatic rings. The van der Waals surface area contributed by atoms with E-state index in [-0.39, 0.29) is 0 Å². The third kappa shape index (κ3) is 7.26. The van der Waals surface area contributed by atoms with Gasteiger partial charge in [0.05, 0.1) is 11.5 Å². The van der Waals surface area contributed by atoms with Crippen molar-refractivity contribution in [1.82, 2.24) is 4.90 Å². The highest BCUT2D eigenvalue weighted by Gasteiger charge is 2.50. The van der Waals surface area contributed by atoms with Crippen molar-refractivity contribution in [3.63, 3.8) is 0 Å². The molecule has 0 N–H and O–H groups in total. The van der Waals surface area contributed by atoms with Crippen LogP contribution in [0.15, 0.2) is 12.7 Å². The summed E-state index contributed by atoms with van der Waals surface area (Å²) in [5.41, 5.74) is -0.777. The van der Waals surface area contributed by atoms with Crippen molar-refractivity contribution in [2.24, 2.45) is 5.41 Å². The molecule has 1 rings (SSSR count). The number of unbranched alkanes of at least 4 members (excludes halogenated alkanes) is 6. The Balaban J connectivity index is 2.49.